The molecular weight excluding hydrogens is 220 g/mol. The Morgan fingerprint density at radius 2 is 1.76 bits per heavy atom. The van der Waals surface area contributed by atoms with Gasteiger partial charge in [0, 0.05) is 47.0 Å². The van der Waals surface area contributed by atoms with E-state index in [1.54, 1.807) is 14.2 Å². The van der Waals surface area contributed by atoms with E-state index < -0.39 is 0 Å². The van der Waals surface area contributed by atoms with Gasteiger partial charge in [-0.05, 0) is 19.3 Å². The molecule has 100 valence electrons. The third kappa shape index (κ3) is 4.91. The van der Waals surface area contributed by atoms with E-state index in [1.807, 2.05) is 9.80 Å². The topological polar surface area (TPSA) is 42.0 Å². The zero-order valence-corrected chi connectivity index (χ0v) is 11.0. The smallest absolute Gasteiger partial charge is 0.320 e. The van der Waals surface area contributed by atoms with Crippen LogP contribution in [0.3, 0.4) is 0 Å². The fourth-order valence-corrected chi connectivity index (χ4v) is 2.01. The summed E-state index contributed by atoms with van der Waals surface area (Å²) in [6.07, 6.45) is 3.13. The number of rotatable bonds is 7. The minimum atomic E-state index is 0.149. The van der Waals surface area contributed by atoms with Crippen molar-refractivity contribution < 1.29 is 14.3 Å². The lowest BCUT2D eigenvalue weighted by Crippen LogP contribution is -2.43. The summed E-state index contributed by atoms with van der Waals surface area (Å²) in [6, 6.07) is 0.149. The lowest BCUT2D eigenvalue weighted by atomic mass is 10.4. The molecule has 0 aliphatic carbocycles. The summed E-state index contributed by atoms with van der Waals surface area (Å²) < 4.78 is 10.1. The van der Waals surface area contributed by atoms with Crippen LogP contribution in [0.15, 0.2) is 0 Å². The van der Waals surface area contributed by atoms with Crippen LogP contribution in [-0.2, 0) is 9.47 Å². The third-order valence-electron chi connectivity index (χ3n) is 2.99. The Bertz CT molecular complexity index is 218. The Balaban J connectivity index is 2.39. The molecular formula is C12H24N2O3. The monoisotopic (exact) mass is 244 g/mol. The molecule has 1 saturated heterocycles. The van der Waals surface area contributed by atoms with Gasteiger partial charge in [-0.3, -0.25) is 0 Å². The lowest BCUT2D eigenvalue weighted by molar-refractivity contribution is 0.121. The first-order valence-electron chi connectivity index (χ1n) is 6.31. The summed E-state index contributed by atoms with van der Waals surface area (Å²) in [6.45, 7) is 4.48. The van der Waals surface area contributed by atoms with Gasteiger partial charge in [0.15, 0.2) is 0 Å². The molecule has 0 aromatic rings. The molecule has 1 heterocycles. The van der Waals surface area contributed by atoms with Crippen LogP contribution >= 0.6 is 0 Å². The first-order chi connectivity index (χ1) is 8.29. The van der Waals surface area contributed by atoms with E-state index in [0.717, 1.165) is 38.9 Å². The van der Waals surface area contributed by atoms with Crippen molar-refractivity contribution in [2.45, 2.75) is 19.3 Å². The molecule has 5 nitrogen and oxygen atoms in total. The molecule has 1 aliphatic heterocycles. The van der Waals surface area contributed by atoms with E-state index in [1.165, 1.54) is 0 Å². The van der Waals surface area contributed by atoms with Crippen molar-refractivity contribution in [3.05, 3.63) is 0 Å². The second kappa shape index (κ2) is 8.31. The van der Waals surface area contributed by atoms with Gasteiger partial charge in [0.1, 0.15) is 0 Å². The zero-order chi connectivity index (χ0) is 12.5. The van der Waals surface area contributed by atoms with Crippen molar-refractivity contribution in [1.29, 1.82) is 0 Å². The first-order valence-corrected chi connectivity index (χ1v) is 6.31. The highest BCUT2D eigenvalue weighted by Gasteiger charge is 2.22. The Morgan fingerprint density at radius 1 is 1.12 bits per heavy atom. The quantitative estimate of drug-likeness (QED) is 0.632. The van der Waals surface area contributed by atoms with E-state index in [9.17, 15) is 4.79 Å². The first kappa shape index (κ1) is 14.3. The van der Waals surface area contributed by atoms with Gasteiger partial charge in [0.05, 0.1) is 6.61 Å². The second-order valence-corrected chi connectivity index (χ2v) is 4.30. The minimum absolute atomic E-state index is 0.149. The maximum atomic E-state index is 12.2. The van der Waals surface area contributed by atoms with E-state index in [-0.39, 0.29) is 6.03 Å². The molecule has 1 fully saturated rings. The van der Waals surface area contributed by atoms with Gasteiger partial charge in [-0.25, -0.2) is 4.79 Å². The molecule has 0 spiro atoms. The van der Waals surface area contributed by atoms with Crippen molar-refractivity contribution in [3.8, 4) is 0 Å². The average molecular weight is 244 g/mol. The van der Waals surface area contributed by atoms with E-state index in [4.69, 9.17) is 9.47 Å². The van der Waals surface area contributed by atoms with E-state index >= 15 is 0 Å². The standard InChI is InChI=1S/C12H24N2O3/c1-16-10-5-8-14(9-11-17-2)12(15)13-6-3-4-7-13/h3-11H2,1-2H3. The summed E-state index contributed by atoms with van der Waals surface area (Å²) in [4.78, 5) is 16.0. The summed E-state index contributed by atoms with van der Waals surface area (Å²) in [5, 5.41) is 0. The summed E-state index contributed by atoms with van der Waals surface area (Å²) in [7, 11) is 3.34. The van der Waals surface area contributed by atoms with Crippen LogP contribution in [0.25, 0.3) is 0 Å². The molecule has 0 atom stereocenters. The Kier molecular flexibility index (Phi) is 6.96. The molecule has 1 rings (SSSR count). The van der Waals surface area contributed by atoms with Crippen LogP contribution < -0.4 is 0 Å². The zero-order valence-electron chi connectivity index (χ0n) is 11.0. The second-order valence-electron chi connectivity index (χ2n) is 4.30. The molecule has 17 heavy (non-hydrogen) atoms. The predicted octanol–water partition coefficient (Wildman–Crippen LogP) is 1.19. The van der Waals surface area contributed by atoms with Crippen molar-refractivity contribution >= 4 is 6.03 Å². The van der Waals surface area contributed by atoms with Gasteiger partial charge in [-0.2, -0.15) is 0 Å². The number of carbonyl (C=O) groups is 1. The van der Waals surface area contributed by atoms with Crippen molar-refractivity contribution in [3.63, 3.8) is 0 Å². The van der Waals surface area contributed by atoms with Gasteiger partial charge in [0.2, 0.25) is 0 Å². The third-order valence-corrected chi connectivity index (χ3v) is 2.99. The summed E-state index contributed by atoms with van der Waals surface area (Å²) >= 11 is 0. The maximum absolute atomic E-state index is 12.2. The molecule has 0 bridgehead atoms. The highest BCUT2D eigenvalue weighted by molar-refractivity contribution is 5.74. The number of amides is 2. The van der Waals surface area contributed by atoms with Crippen molar-refractivity contribution in [2.75, 3.05) is 53.6 Å². The maximum Gasteiger partial charge on any atom is 0.320 e. The molecule has 0 N–H and O–H groups in total. The Hall–Kier alpha value is -0.810. The molecule has 0 radical (unpaired) electrons. The number of methoxy groups -OCH3 is 2. The van der Waals surface area contributed by atoms with Gasteiger partial charge in [-0.15, -0.1) is 0 Å². The molecule has 1 aliphatic rings. The summed E-state index contributed by atoms with van der Waals surface area (Å²) in [5.74, 6) is 0. The van der Waals surface area contributed by atoms with Gasteiger partial charge >= 0.3 is 6.03 Å². The van der Waals surface area contributed by atoms with Gasteiger partial charge < -0.3 is 19.3 Å². The van der Waals surface area contributed by atoms with Crippen LogP contribution in [0, 0.1) is 0 Å². The largest absolute Gasteiger partial charge is 0.385 e. The molecule has 0 aromatic heterocycles. The molecule has 5 heteroatoms. The normalized spacial score (nSPS) is 15.3. The van der Waals surface area contributed by atoms with Crippen LogP contribution in [0.2, 0.25) is 0 Å². The summed E-state index contributed by atoms with van der Waals surface area (Å²) in [5.41, 5.74) is 0. The van der Waals surface area contributed by atoms with Gasteiger partial charge in [0.25, 0.3) is 0 Å². The molecule has 0 aromatic carbocycles. The highest BCUT2D eigenvalue weighted by atomic mass is 16.5. The predicted molar refractivity (Wildman–Crippen MR) is 66.1 cm³/mol. The van der Waals surface area contributed by atoms with Crippen molar-refractivity contribution in [2.24, 2.45) is 0 Å². The number of ether oxygens (including phenoxy) is 2. The van der Waals surface area contributed by atoms with E-state index in [2.05, 4.69) is 0 Å². The Labute approximate surface area is 104 Å². The lowest BCUT2D eigenvalue weighted by Gasteiger charge is -2.27. The van der Waals surface area contributed by atoms with Crippen LogP contribution in [0.1, 0.15) is 19.3 Å². The highest BCUT2D eigenvalue weighted by Crippen LogP contribution is 2.10. The molecule has 0 saturated carbocycles. The number of carbonyl (C=O) groups excluding carboxylic acids is 1. The van der Waals surface area contributed by atoms with Crippen LogP contribution in [-0.4, -0.2) is 69.4 Å². The minimum Gasteiger partial charge on any atom is -0.385 e. The number of nitrogens with zero attached hydrogens (tertiary/aromatic N) is 2. The number of likely N-dealkylation sites (tertiary alicyclic amines) is 1. The molecule has 0 unspecified atom stereocenters. The van der Waals surface area contributed by atoms with Crippen molar-refractivity contribution in [1.82, 2.24) is 9.80 Å². The molecule has 2 amide bonds. The number of urea groups is 1. The fraction of sp³-hybridized carbons (Fsp3) is 0.917. The fourth-order valence-electron chi connectivity index (χ4n) is 2.01. The van der Waals surface area contributed by atoms with Crippen LogP contribution in [0.4, 0.5) is 4.79 Å². The number of hydrogen-bond donors (Lipinski definition) is 0. The average Bonchev–Trinajstić information content (AvgIpc) is 2.86. The Morgan fingerprint density at radius 3 is 2.35 bits per heavy atom. The van der Waals surface area contributed by atoms with E-state index in [0.29, 0.717) is 19.8 Å². The number of hydrogen-bond acceptors (Lipinski definition) is 3. The SMILES string of the molecule is COCCCN(CCOC)C(=O)N1CCCC1. The van der Waals surface area contributed by atoms with Crippen LogP contribution in [0.5, 0.6) is 0 Å². The van der Waals surface area contributed by atoms with Gasteiger partial charge in [-0.1, -0.05) is 0 Å².